The summed E-state index contributed by atoms with van der Waals surface area (Å²) in [4.78, 5) is 12.0. The lowest BCUT2D eigenvalue weighted by Crippen LogP contribution is -2.28. The number of hydrogen-bond donors (Lipinski definition) is 1. The van der Waals surface area contributed by atoms with Gasteiger partial charge in [-0.3, -0.25) is 9.48 Å². The lowest BCUT2D eigenvalue weighted by molar-refractivity contribution is 0.0756. The van der Waals surface area contributed by atoms with Crippen LogP contribution in [0.5, 0.6) is 0 Å². The van der Waals surface area contributed by atoms with E-state index in [1.807, 2.05) is 31.5 Å². The summed E-state index contributed by atoms with van der Waals surface area (Å²) in [5.41, 5.74) is 1.35. The number of carbonyl (C=O) groups is 1. The summed E-state index contributed by atoms with van der Waals surface area (Å²) in [6.45, 7) is 13.4. The van der Waals surface area contributed by atoms with Crippen LogP contribution in [0.1, 0.15) is 57.2 Å². The molecule has 0 bridgehead atoms. The first-order chi connectivity index (χ1) is 9.21. The highest BCUT2D eigenvalue weighted by Gasteiger charge is 2.19. The second kappa shape index (κ2) is 6.88. The molecule has 1 amide bonds. The quantitative estimate of drug-likeness (QED) is 0.815. The minimum Gasteiger partial charge on any atom is -0.379 e. The lowest BCUT2D eigenvalue weighted by Gasteiger charge is -2.21. The first kappa shape index (κ1) is 16.7. The van der Waals surface area contributed by atoms with Gasteiger partial charge in [0.25, 0.3) is 5.91 Å². The Hall–Kier alpha value is -1.36. The molecule has 1 N–H and O–H groups in total. The molecule has 5 nitrogen and oxygen atoms in total. The summed E-state index contributed by atoms with van der Waals surface area (Å²) in [7, 11) is 0. The predicted octanol–water partition coefficient (Wildman–Crippen LogP) is 2.49. The van der Waals surface area contributed by atoms with Crippen LogP contribution >= 0.6 is 0 Å². The van der Waals surface area contributed by atoms with Crippen LogP contribution in [0.4, 0.5) is 0 Å². The molecule has 0 spiro atoms. The number of nitrogens with one attached hydrogen (secondary N) is 1. The van der Waals surface area contributed by atoms with Crippen molar-refractivity contribution in [1.29, 1.82) is 0 Å². The average Bonchev–Trinajstić information content (AvgIpc) is 2.70. The van der Waals surface area contributed by atoms with Crippen molar-refractivity contribution in [3.8, 4) is 0 Å². The Kier molecular flexibility index (Phi) is 5.74. The van der Waals surface area contributed by atoms with Gasteiger partial charge in [0.1, 0.15) is 5.69 Å². The van der Waals surface area contributed by atoms with Gasteiger partial charge in [0.05, 0.1) is 11.6 Å². The number of ether oxygens (including phenoxy) is 1. The van der Waals surface area contributed by atoms with E-state index in [2.05, 4.69) is 31.2 Å². The average molecular weight is 281 g/mol. The number of rotatable bonds is 6. The van der Waals surface area contributed by atoms with Crippen molar-refractivity contribution in [1.82, 2.24) is 15.1 Å². The normalized spacial score (nSPS) is 11.9. The Morgan fingerprint density at radius 1 is 1.45 bits per heavy atom. The molecule has 0 fully saturated rings. The fourth-order valence-corrected chi connectivity index (χ4v) is 1.95. The molecule has 0 aliphatic rings. The van der Waals surface area contributed by atoms with Crippen LogP contribution in [0.25, 0.3) is 0 Å². The maximum atomic E-state index is 12.0. The van der Waals surface area contributed by atoms with Gasteiger partial charge < -0.3 is 10.1 Å². The van der Waals surface area contributed by atoms with Crippen molar-refractivity contribution in [3.63, 3.8) is 0 Å². The van der Waals surface area contributed by atoms with Gasteiger partial charge in [0.2, 0.25) is 0 Å². The fraction of sp³-hybridized carbons (Fsp3) is 0.733. The maximum absolute atomic E-state index is 12.0. The smallest absolute Gasteiger partial charge is 0.271 e. The second-order valence-corrected chi connectivity index (χ2v) is 6.28. The molecule has 0 saturated heterocycles. The number of hydrogen-bond acceptors (Lipinski definition) is 3. The van der Waals surface area contributed by atoms with Crippen LogP contribution in [-0.2, 0) is 10.3 Å². The van der Waals surface area contributed by atoms with E-state index in [9.17, 15) is 4.79 Å². The van der Waals surface area contributed by atoms with E-state index in [4.69, 9.17) is 4.74 Å². The first-order valence-corrected chi connectivity index (χ1v) is 7.18. The van der Waals surface area contributed by atoms with Crippen LogP contribution in [0.3, 0.4) is 0 Å². The summed E-state index contributed by atoms with van der Waals surface area (Å²) >= 11 is 0. The van der Waals surface area contributed by atoms with E-state index in [1.165, 1.54) is 0 Å². The molecular formula is C15H27N3O2. The van der Waals surface area contributed by atoms with Crippen molar-refractivity contribution >= 4 is 5.91 Å². The number of amides is 1. The minimum atomic E-state index is -0.124. The summed E-state index contributed by atoms with van der Waals surface area (Å²) in [6.07, 6.45) is 1.04. The van der Waals surface area contributed by atoms with E-state index in [1.54, 1.807) is 0 Å². The zero-order valence-corrected chi connectivity index (χ0v) is 13.5. The third-order valence-electron chi connectivity index (χ3n) is 2.81. The highest BCUT2D eigenvalue weighted by atomic mass is 16.5. The molecule has 0 aliphatic carbocycles. The number of aromatic nitrogens is 2. The standard InChI is InChI=1S/C15H27N3O2/c1-11(2)20-9-7-8-16-14(19)13-10-12(3)18(17-13)15(4,5)6/h10-11H,7-9H2,1-6H3,(H,16,19). The van der Waals surface area contributed by atoms with E-state index < -0.39 is 0 Å². The van der Waals surface area contributed by atoms with Crippen LogP contribution in [0.2, 0.25) is 0 Å². The van der Waals surface area contributed by atoms with Gasteiger partial charge in [-0.05, 0) is 54.0 Å². The zero-order valence-electron chi connectivity index (χ0n) is 13.5. The van der Waals surface area contributed by atoms with Crippen molar-refractivity contribution in [2.45, 2.75) is 59.6 Å². The fourth-order valence-electron chi connectivity index (χ4n) is 1.95. The van der Waals surface area contributed by atoms with E-state index >= 15 is 0 Å². The molecule has 1 rings (SSSR count). The zero-order chi connectivity index (χ0) is 15.3. The van der Waals surface area contributed by atoms with Crippen molar-refractivity contribution in [2.24, 2.45) is 0 Å². The van der Waals surface area contributed by atoms with Gasteiger partial charge in [0.15, 0.2) is 0 Å². The van der Waals surface area contributed by atoms with Gasteiger partial charge in [-0.2, -0.15) is 5.10 Å². The highest BCUT2D eigenvalue weighted by molar-refractivity contribution is 5.92. The molecule has 0 saturated carbocycles. The molecular weight excluding hydrogens is 254 g/mol. The Morgan fingerprint density at radius 2 is 2.10 bits per heavy atom. The Labute approximate surface area is 121 Å². The number of nitrogens with zero attached hydrogens (tertiary/aromatic N) is 2. The first-order valence-electron chi connectivity index (χ1n) is 7.18. The van der Waals surface area contributed by atoms with E-state index in [0.29, 0.717) is 18.8 Å². The summed E-state index contributed by atoms with van der Waals surface area (Å²) < 4.78 is 7.30. The summed E-state index contributed by atoms with van der Waals surface area (Å²) in [6, 6.07) is 1.82. The van der Waals surface area contributed by atoms with Gasteiger partial charge in [-0.15, -0.1) is 0 Å². The molecule has 1 aromatic rings. The Morgan fingerprint density at radius 3 is 2.60 bits per heavy atom. The Balaban J connectivity index is 2.48. The molecule has 0 radical (unpaired) electrons. The second-order valence-electron chi connectivity index (χ2n) is 6.28. The summed E-state index contributed by atoms with van der Waals surface area (Å²) in [5, 5.41) is 7.25. The van der Waals surface area contributed by atoms with Crippen LogP contribution < -0.4 is 5.32 Å². The van der Waals surface area contributed by atoms with Gasteiger partial charge in [-0.1, -0.05) is 0 Å². The Bertz CT molecular complexity index is 444. The van der Waals surface area contributed by atoms with E-state index in [0.717, 1.165) is 12.1 Å². The van der Waals surface area contributed by atoms with Crippen LogP contribution in [-0.4, -0.2) is 34.9 Å². The SMILES string of the molecule is Cc1cc(C(=O)NCCCOC(C)C)nn1C(C)(C)C. The van der Waals surface area contributed by atoms with Gasteiger partial charge >= 0.3 is 0 Å². The number of aryl methyl sites for hydroxylation is 1. The largest absolute Gasteiger partial charge is 0.379 e. The third kappa shape index (κ3) is 4.96. The molecule has 0 aromatic carbocycles. The topological polar surface area (TPSA) is 56.1 Å². The van der Waals surface area contributed by atoms with Crippen molar-refractivity contribution in [3.05, 3.63) is 17.5 Å². The molecule has 0 aliphatic heterocycles. The molecule has 5 heteroatoms. The lowest BCUT2D eigenvalue weighted by atomic mass is 10.1. The molecule has 1 heterocycles. The van der Waals surface area contributed by atoms with Crippen molar-refractivity contribution in [2.75, 3.05) is 13.2 Å². The molecule has 1 aromatic heterocycles. The molecule has 0 atom stereocenters. The van der Waals surface area contributed by atoms with Crippen molar-refractivity contribution < 1.29 is 9.53 Å². The van der Waals surface area contributed by atoms with E-state index in [-0.39, 0.29) is 17.6 Å². The van der Waals surface area contributed by atoms with Gasteiger partial charge in [-0.25, -0.2) is 0 Å². The highest BCUT2D eigenvalue weighted by Crippen LogP contribution is 2.16. The monoisotopic (exact) mass is 281 g/mol. The van der Waals surface area contributed by atoms with Crippen LogP contribution in [0, 0.1) is 6.92 Å². The predicted molar refractivity (Wildman–Crippen MR) is 80.0 cm³/mol. The minimum absolute atomic E-state index is 0.117. The molecule has 0 unspecified atom stereocenters. The molecule has 114 valence electrons. The van der Waals surface area contributed by atoms with Gasteiger partial charge in [0, 0.05) is 18.8 Å². The molecule has 20 heavy (non-hydrogen) atoms. The number of carbonyl (C=O) groups excluding carboxylic acids is 1. The maximum Gasteiger partial charge on any atom is 0.271 e. The third-order valence-corrected chi connectivity index (χ3v) is 2.81. The van der Waals surface area contributed by atoms with Crippen LogP contribution in [0.15, 0.2) is 6.07 Å². The summed E-state index contributed by atoms with van der Waals surface area (Å²) in [5.74, 6) is -0.124.